The number of hydrogen-bond acceptors (Lipinski definition) is 5. The van der Waals surface area contributed by atoms with Gasteiger partial charge in [-0.1, -0.05) is 32.0 Å². The molecule has 6 nitrogen and oxygen atoms in total. The first-order chi connectivity index (χ1) is 18.7. The molecule has 1 fully saturated rings. The van der Waals surface area contributed by atoms with Gasteiger partial charge in [0.2, 0.25) is 0 Å². The quantitative estimate of drug-likeness (QED) is 0.303. The van der Waals surface area contributed by atoms with E-state index in [0.717, 1.165) is 53.3 Å². The minimum absolute atomic E-state index is 0.453. The van der Waals surface area contributed by atoms with Crippen molar-refractivity contribution in [1.82, 2.24) is 20.2 Å². The van der Waals surface area contributed by atoms with Crippen LogP contribution >= 0.6 is 0 Å². The Kier molecular flexibility index (Phi) is 6.60. The highest BCUT2D eigenvalue weighted by molar-refractivity contribution is 5.96. The van der Waals surface area contributed by atoms with Gasteiger partial charge in [-0.05, 0) is 88.6 Å². The number of anilines is 2. The van der Waals surface area contributed by atoms with E-state index in [9.17, 15) is 0 Å². The Morgan fingerprint density at radius 1 is 0.949 bits per heavy atom. The lowest BCUT2D eigenvalue weighted by molar-refractivity contribution is 0.409. The molecule has 2 aromatic carbocycles. The molecule has 0 aliphatic carbocycles. The number of rotatable bonds is 4. The summed E-state index contributed by atoms with van der Waals surface area (Å²) in [7, 11) is 0. The number of hydrogen-bond donors (Lipinski definition) is 1. The predicted octanol–water partition coefficient (Wildman–Crippen LogP) is 7.40. The number of nitrogens with one attached hydrogen (secondary N) is 1. The number of aromatic amines is 1. The van der Waals surface area contributed by atoms with Crippen LogP contribution in [0.4, 0.5) is 11.5 Å². The summed E-state index contributed by atoms with van der Waals surface area (Å²) in [5.74, 6) is 2.48. The van der Waals surface area contributed by atoms with E-state index in [2.05, 4.69) is 98.8 Å². The Morgan fingerprint density at radius 2 is 1.69 bits per heavy atom. The molecular formula is C33H42N6. The Hall–Kier alpha value is -3.41. The van der Waals surface area contributed by atoms with Gasteiger partial charge >= 0.3 is 0 Å². The average molecular weight is 523 g/mol. The summed E-state index contributed by atoms with van der Waals surface area (Å²) in [6, 6.07) is 12.2. The Balaban J connectivity index is 1.52. The van der Waals surface area contributed by atoms with E-state index in [0.29, 0.717) is 18.0 Å². The van der Waals surface area contributed by atoms with E-state index in [1.54, 1.807) is 0 Å². The zero-order valence-corrected chi connectivity index (χ0v) is 24.6. The second-order valence-corrected chi connectivity index (χ2v) is 12.2. The van der Waals surface area contributed by atoms with Crippen LogP contribution in [0.25, 0.3) is 22.3 Å². The molecular weight excluding hydrogens is 480 g/mol. The second-order valence-electron chi connectivity index (χ2n) is 12.2. The van der Waals surface area contributed by atoms with Gasteiger partial charge in [0, 0.05) is 53.8 Å². The number of aryl methyl sites for hydroxylation is 3. The van der Waals surface area contributed by atoms with Crippen LogP contribution in [-0.2, 0) is 13.0 Å². The van der Waals surface area contributed by atoms with Gasteiger partial charge in [0.25, 0.3) is 0 Å². The maximum Gasteiger partial charge on any atom is 0.162 e. The van der Waals surface area contributed by atoms with Crippen molar-refractivity contribution in [3.8, 4) is 11.4 Å². The van der Waals surface area contributed by atoms with Gasteiger partial charge in [0.15, 0.2) is 5.82 Å². The van der Waals surface area contributed by atoms with Crippen LogP contribution in [0.15, 0.2) is 30.3 Å². The SMILES string of the molecule is Cc1ccc(C(C)C)cc1N1CCc2nc(-c3c(C)ccc4[nH]nc(C)c34)nc(N3[C@H](C)CCC[C@@H]3C)c2C1. The minimum atomic E-state index is 0.453. The van der Waals surface area contributed by atoms with Crippen LogP contribution in [-0.4, -0.2) is 38.8 Å². The summed E-state index contributed by atoms with van der Waals surface area (Å²) in [4.78, 5) is 15.9. The molecule has 2 aliphatic heterocycles. The van der Waals surface area contributed by atoms with Crippen molar-refractivity contribution in [2.24, 2.45) is 0 Å². The van der Waals surface area contributed by atoms with E-state index in [-0.39, 0.29) is 0 Å². The molecule has 0 bridgehead atoms. The third-order valence-corrected chi connectivity index (χ3v) is 9.06. The maximum atomic E-state index is 5.46. The lowest BCUT2D eigenvalue weighted by Gasteiger charge is -2.42. The topological polar surface area (TPSA) is 60.9 Å². The molecule has 4 aromatic rings. The summed E-state index contributed by atoms with van der Waals surface area (Å²) in [5.41, 5.74) is 10.9. The van der Waals surface area contributed by atoms with Gasteiger partial charge in [0.1, 0.15) is 5.82 Å². The molecule has 4 heterocycles. The molecule has 0 amide bonds. The van der Waals surface area contributed by atoms with Crippen molar-refractivity contribution < 1.29 is 0 Å². The van der Waals surface area contributed by atoms with Crippen molar-refractivity contribution in [2.45, 2.75) is 98.7 Å². The summed E-state index contributed by atoms with van der Waals surface area (Å²) in [5, 5.41) is 8.86. The van der Waals surface area contributed by atoms with E-state index in [1.807, 2.05) is 0 Å². The van der Waals surface area contributed by atoms with Crippen LogP contribution in [0.1, 0.15) is 86.5 Å². The number of benzene rings is 2. The largest absolute Gasteiger partial charge is 0.366 e. The number of H-pyrrole nitrogens is 1. The first kappa shape index (κ1) is 25.8. The van der Waals surface area contributed by atoms with E-state index in [1.165, 1.54) is 52.9 Å². The van der Waals surface area contributed by atoms with Crippen molar-refractivity contribution in [3.05, 3.63) is 64.0 Å². The number of nitrogens with zero attached hydrogens (tertiary/aromatic N) is 5. The third-order valence-electron chi connectivity index (χ3n) is 9.06. The predicted molar refractivity (Wildman–Crippen MR) is 162 cm³/mol. The highest BCUT2D eigenvalue weighted by atomic mass is 15.3. The fourth-order valence-electron chi connectivity index (χ4n) is 6.76. The zero-order chi connectivity index (χ0) is 27.4. The van der Waals surface area contributed by atoms with Gasteiger partial charge in [0.05, 0.1) is 16.9 Å². The molecule has 6 heteroatoms. The van der Waals surface area contributed by atoms with Crippen molar-refractivity contribution in [1.29, 1.82) is 0 Å². The molecule has 39 heavy (non-hydrogen) atoms. The molecule has 204 valence electrons. The van der Waals surface area contributed by atoms with Gasteiger partial charge < -0.3 is 9.80 Å². The maximum absolute atomic E-state index is 5.46. The Bertz CT molecular complexity index is 1520. The third kappa shape index (κ3) is 4.48. The van der Waals surface area contributed by atoms with E-state index in [4.69, 9.17) is 9.97 Å². The molecule has 1 saturated heterocycles. The summed E-state index contributed by atoms with van der Waals surface area (Å²) in [6.07, 6.45) is 4.60. The molecule has 0 unspecified atom stereocenters. The number of piperidine rings is 1. The highest BCUT2D eigenvalue weighted by Gasteiger charge is 2.33. The molecule has 2 atom stereocenters. The summed E-state index contributed by atoms with van der Waals surface area (Å²) >= 11 is 0. The smallest absolute Gasteiger partial charge is 0.162 e. The zero-order valence-electron chi connectivity index (χ0n) is 24.6. The molecule has 0 spiro atoms. The average Bonchev–Trinajstić information content (AvgIpc) is 3.28. The van der Waals surface area contributed by atoms with Crippen molar-refractivity contribution >= 4 is 22.4 Å². The number of aromatic nitrogens is 4. The monoisotopic (exact) mass is 522 g/mol. The lowest BCUT2D eigenvalue weighted by atomic mass is 9.94. The first-order valence-electron chi connectivity index (χ1n) is 14.7. The highest BCUT2D eigenvalue weighted by Crippen LogP contribution is 2.39. The molecule has 2 aromatic heterocycles. The van der Waals surface area contributed by atoms with Gasteiger partial charge in [-0.15, -0.1) is 0 Å². The van der Waals surface area contributed by atoms with Gasteiger partial charge in [-0.2, -0.15) is 5.10 Å². The first-order valence-corrected chi connectivity index (χ1v) is 14.7. The van der Waals surface area contributed by atoms with Gasteiger partial charge in [-0.25, -0.2) is 9.97 Å². The van der Waals surface area contributed by atoms with Crippen molar-refractivity contribution in [3.63, 3.8) is 0 Å². The van der Waals surface area contributed by atoms with Crippen LogP contribution in [0, 0.1) is 20.8 Å². The molecule has 0 saturated carbocycles. The van der Waals surface area contributed by atoms with E-state index >= 15 is 0 Å². The Morgan fingerprint density at radius 3 is 2.44 bits per heavy atom. The van der Waals surface area contributed by atoms with Crippen LogP contribution < -0.4 is 9.80 Å². The van der Waals surface area contributed by atoms with Crippen LogP contribution in [0.5, 0.6) is 0 Å². The second kappa shape index (κ2) is 9.96. The van der Waals surface area contributed by atoms with Crippen LogP contribution in [0.2, 0.25) is 0 Å². The van der Waals surface area contributed by atoms with Crippen LogP contribution in [0.3, 0.4) is 0 Å². The fraction of sp³-hybridized carbons (Fsp3) is 0.485. The van der Waals surface area contributed by atoms with E-state index < -0.39 is 0 Å². The fourth-order valence-corrected chi connectivity index (χ4v) is 6.76. The standard InChI is InChI=1S/C33H42N6/c1-19(2)25-13-11-20(3)29(17-25)38-16-15-27-26(18-38)33(39-22(5)9-8-10-23(39)6)35-32(34-27)30-21(4)12-14-28-31(30)24(7)36-37-28/h11-14,17,19,22-23H,8-10,15-16,18H2,1-7H3,(H,36,37)/t22-,23+. The molecule has 2 aliphatic rings. The minimum Gasteiger partial charge on any atom is -0.366 e. The molecule has 0 radical (unpaired) electrons. The lowest BCUT2D eigenvalue weighted by Crippen LogP contribution is -2.46. The number of fused-ring (bicyclic) bond motifs is 2. The molecule has 1 N–H and O–H groups in total. The molecule has 6 rings (SSSR count). The summed E-state index contributed by atoms with van der Waals surface area (Å²) in [6.45, 7) is 17.6. The normalized spacial score (nSPS) is 19.7. The summed E-state index contributed by atoms with van der Waals surface area (Å²) < 4.78 is 0. The van der Waals surface area contributed by atoms with Gasteiger partial charge in [-0.3, -0.25) is 5.10 Å². The van der Waals surface area contributed by atoms with Crippen molar-refractivity contribution in [2.75, 3.05) is 16.3 Å². The Labute approximate surface area is 232 Å².